The quantitative estimate of drug-likeness (QED) is 0.283. The van der Waals surface area contributed by atoms with Crippen LogP contribution in [0.2, 0.25) is 0 Å². The highest BCUT2D eigenvalue weighted by molar-refractivity contribution is 7.14. The second-order valence-corrected chi connectivity index (χ2v) is 9.79. The molecule has 1 heterocycles. The van der Waals surface area contributed by atoms with E-state index in [0.29, 0.717) is 0 Å². The predicted molar refractivity (Wildman–Crippen MR) is 116 cm³/mol. The lowest BCUT2D eigenvalue weighted by molar-refractivity contribution is -0.179. The molecule has 0 aromatic carbocycles. The van der Waals surface area contributed by atoms with Crippen LogP contribution in [0.15, 0.2) is 10.5 Å². The van der Waals surface area contributed by atoms with Crippen molar-refractivity contribution in [2.75, 3.05) is 11.9 Å². The van der Waals surface area contributed by atoms with Gasteiger partial charge in [-0.25, -0.2) is 19.4 Å². The molecule has 1 aromatic heterocycles. The number of oxime groups is 1. The number of aromatic nitrogens is 1. The van der Waals surface area contributed by atoms with Crippen molar-refractivity contribution in [3.05, 3.63) is 11.1 Å². The van der Waals surface area contributed by atoms with Gasteiger partial charge in [-0.05, 0) is 62.3 Å². The Balaban J connectivity index is 3.08. The zero-order valence-electron chi connectivity index (χ0n) is 19.4. The molecule has 11 heteroatoms. The van der Waals surface area contributed by atoms with Gasteiger partial charge in [0.05, 0.1) is 6.61 Å². The van der Waals surface area contributed by atoms with E-state index in [1.165, 1.54) is 19.2 Å². The largest absolute Gasteiger partial charge is 0.461 e. The molecule has 0 saturated carbocycles. The van der Waals surface area contributed by atoms with Gasteiger partial charge in [-0.1, -0.05) is 5.16 Å². The van der Waals surface area contributed by atoms with Crippen LogP contribution in [0.4, 0.5) is 9.93 Å². The Morgan fingerprint density at radius 3 is 2.13 bits per heavy atom. The van der Waals surface area contributed by atoms with Gasteiger partial charge in [-0.3, -0.25) is 5.32 Å². The summed E-state index contributed by atoms with van der Waals surface area (Å²) in [7, 11) is 0. The van der Waals surface area contributed by atoms with Crippen LogP contribution in [0.5, 0.6) is 0 Å². The lowest BCUT2D eigenvalue weighted by atomic mass is 10.1. The average Bonchev–Trinajstić information content (AvgIpc) is 2.99. The molecule has 1 aromatic rings. The maximum atomic E-state index is 12.4. The summed E-state index contributed by atoms with van der Waals surface area (Å²) in [4.78, 5) is 46.2. The average molecular weight is 458 g/mol. The number of anilines is 1. The van der Waals surface area contributed by atoms with E-state index >= 15 is 0 Å². The van der Waals surface area contributed by atoms with Gasteiger partial charge < -0.3 is 19.0 Å². The molecule has 0 fully saturated rings. The molecule has 0 aliphatic rings. The minimum atomic E-state index is -1.47. The van der Waals surface area contributed by atoms with Crippen molar-refractivity contribution >= 4 is 40.2 Å². The standard InChI is InChI=1S/C20H31N3O7S/c1-10-27-14(24)13(23-30-20(8,9)15(25)28-18(2,3)4)12-11-31-16(21-12)22-17(26)29-19(5,6)7/h11H,10H2,1-9H3,(H,21,22,26). The summed E-state index contributed by atoms with van der Waals surface area (Å²) in [6.45, 7) is 15.0. The van der Waals surface area contributed by atoms with Crippen LogP contribution in [0.3, 0.4) is 0 Å². The van der Waals surface area contributed by atoms with E-state index in [1.807, 2.05) is 0 Å². The van der Waals surface area contributed by atoms with Gasteiger partial charge in [-0.15, -0.1) is 11.3 Å². The number of carbonyl (C=O) groups is 3. The monoisotopic (exact) mass is 457 g/mol. The first kappa shape index (κ1) is 26.3. The fraction of sp³-hybridized carbons (Fsp3) is 0.650. The van der Waals surface area contributed by atoms with Gasteiger partial charge in [0, 0.05) is 5.38 Å². The molecule has 0 spiro atoms. The lowest BCUT2D eigenvalue weighted by Gasteiger charge is -2.26. The van der Waals surface area contributed by atoms with Crippen molar-refractivity contribution in [3.8, 4) is 0 Å². The Hall–Kier alpha value is -2.69. The summed E-state index contributed by atoms with van der Waals surface area (Å²) in [6, 6.07) is 0. The second-order valence-electron chi connectivity index (χ2n) is 8.93. The Bertz CT molecular complexity index is 833. The van der Waals surface area contributed by atoms with E-state index in [9.17, 15) is 14.4 Å². The normalized spacial score (nSPS) is 12.7. The first-order valence-corrected chi connectivity index (χ1v) is 10.5. The number of thiazole rings is 1. The summed E-state index contributed by atoms with van der Waals surface area (Å²) in [5, 5.41) is 7.99. The number of hydrogen-bond donors (Lipinski definition) is 1. The minimum Gasteiger partial charge on any atom is -0.461 e. The van der Waals surface area contributed by atoms with E-state index in [-0.39, 0.29) is 23.1 Å². The second kappa shape index (κ2) is 10.1. The summed E-state index contributed by atoms with van der Waals surface area (Å²) in [5.41, 5.74) is -3.02. The van der Waals surface area contributed by atoms with E-state index < -0.39 is 34.8 Å². The number of esters is 2. The highest BCUT2D eigenvalue weighted by Gasteiger charge is 2.36. The van der Waals surface area contributed by atoms with E-state index in [2.05, 4.69) is 15.5 Å². The van der Waals surface area contributed by atoms with E-state index in [0.717, 1.165) is 11.3 Å². The van der Waals surface area contributed by atoms with Crippen LogP contribution in [-0.4, -0.2) is 52.1 Å². The number of nitrogens with one attached hydrogen (secondary N) is 1. The first-order chi connectivity index (χ1) is 14.0. The Morgan fingerprint density at radius 2 is 1.61 bits per heavy atom. The van der Waals surface area contributed by atoms with Crippen molar-refractivity contribution in [2.45, 2.75) is 79.1 Å². The zero-order chi connectivity index (χ0) is 24.0. The summed E-state index contributed by atoms with van der Waals surface area (Å²) in [6.07, 6.45) is -0.690. The molecule has 0 aliphatic carbocycles. The summed E-state index contributed by atoms with van der Waals surface area (Å²) >= 11 is 1.06. The molecule has 1 amide bonds. The van der Waals surface area contributed by atoms with Crippen LogP contribution in [0.1, 0.15) is 68.0 Å². The van der Waals surface area contributed by atoms with Crippen molar-refractivity contribution in [1.29, 1.82) is 0 Å². The number of amides is 1. The predicted octanol–water partition coefficient (Wildman–Crippen LogP) is 3.89. The van der Waals surface area contributed by atoms with Gasteiger partial charge in [0.15, 0.2) is 5.13 Å². The van der Waals surface area contributed by atoms with Crippen LogP contribution >= 0.6 is 11.3 Å². The highest BCUT2D eigenvalue weighted by atomic mass is 32.1. The highest BCUT2D eigenvalue weighted by Crippen LogP contribution is 2.21. The minimum absolute atomic E-state index is 0.0977. The van der Waals surface area contributed by atoms with Crippen LogP contribution < -0.4 is 5.32 Å². The molecular formula is C20H31N3O7S. The third kappa shape index (κ3) is 9.33. The fourth-order valence-electron chi connectivity index (χ4n) is 1.82. The molecule has 0 unspecified atom stereocenters. The molecule has 0 bridgehead atoms. The van der Waals surface area contributed by atoms with Crippen molar-refractivity contribution in [3.63, 3.8) is 0 Å². The summed E-state index contributed by atoms with van der Waals surface area (Å²) < 4.78 is 15.5. The lowest BCUT2D eigenvalue weighted by Crippen LogP contribution is -2.40. The molecular weight excluding hydrogens is 426 g/mol. The molecule has 10 nitrogen and oxygen atoms in total. The van der Waals surface area contributed by atoms with Crippen molar-refractivity contribution < 1.29 is 33.4 Å². The molecule has 0 radical (unpaired) electrons. The van der Waals surface area contributed by atoms with Gasteiger partial charge in [-0.2, -0.15) is 0 Å². The van der Waals surface area contributed by atoms with Crippen LogP contribution in [0.25, 0.3) is 0 Å². The number of carbonyl (C=O) groups excluding carboxylic acids is 3. The summed E-state index contributed by atoms with van der Waals surface area (Å²) in [5.74, 6) is -1.45. The SMILES string of the molecule is CCOC(=O)C(=NOC(C)(C)C(=O)OC(C)(C)C)c1csc(NC(=O)OC(C)(C)C)n1. The van der Waals surface area contributed by atoms with Gasteiger partial charge >= 0.3 is 18.0 Å². The van der Waals surface area contributed by atoms with Crippen LogP contribution in [0, 0.1) is 0 Å². The first-order valence-electron chi connectivity index (χ1n) is 9.66. The van der Waals surface area contributed by atoms with E-state index in [1.54, 1.807) is 48.5 Å². The van der Waals surface area contributed by atoms with Crippen molar-refractivity contribution in [1.82, 2.24) is 4.98 Å². The molecule has 174 valence electrons. The number of nitrogens with zero attached hydrogens (tertiary/aromatic N) is 2. The third-order valence-electron chi connectivity index (χ3n) is 3.08. The number of rotatable bonds is 7. The molecule has 0 aliphatic heterocycles. The topological polar surface area (TPSA) is 125 Å². The van der Waals surface area contributed by atoms with Crippen LogP contribution in [-0.2, 0) is 28.6 Å². The fourth-order valence-corrected chi connectivity index (χ4v) is 2.50. The smallest absolute Gasteiger partial charge is 0.413 e. The molecule has 1 N–H and O–H groups in total. The Kier molecular flexibility index (Phi) is 8.57. The molecule has 1 rings (SSSR count). The molecule has 0 saturated heterocycles. The number of hydrogen-bond acceptors (Lipinski definition) is 10. The third-order valence-corrected chi connectivity index (χ3v) is 3.84. The molecule has 0 atom stereocenters. The van der Waals surface area contributed by atoms with E-state index in [4.69, 9.17) is 19.0 Å². The van der Waals surface area contributed by atoms with Gasteiger partial charge in [0.2, 0.25) is 11.3 Å². The molecule has 31 heavy (non-hydrogen) atoms. The maximum absolute atomic E-state index is 12.4. The number of ether oxygens (including phenoxy) is 3. The Labute approximate surface area is 186 Å². The zero-order valence-corrected chi connectivity index (χ0v) is 20.3. The van der Waals surface area contributed by atoms with Gasteiger partial charge in [0.25, 0.3) is 0 Å². The Morgan fingerprint density at radius 1 is 1.03 bits per heavy atom. The van der Waals surface area contributed by atoms with Crippen molar-refractivity contribution in [2.24, 2.45) is 5.16 Å². The van der Waals surface area contributed by atoms with Gasteiger partial charge in [0.1, 0.15) is 16.9 Å². The maximum Gasteiger partial charge on any atom is 0.413 e.